The Morgan fingerprint density at radius 1 is 1.22 bits per heavy atom. The Kier molecular flexibility index (Phi) is 6.51. The van der Waals surface area contributed by atoms with Gasteiger partial charge in [0.15, 0.2) is 0 Å². The summed E-state index contributed by atoms with van der Waals surface area (Å²) in [7, 11) is 1.65. The van der Waals surface area contributed by atoms with E-state index in [2.05, 4.69) is 25.2 Å². The fourth-order valence-corrected chi connectivity index (χ4v) is 4.74. The van der Waals surface area contributed by atoms with Gasteiger partial charge in [-0.3, -0.25) is 4.79 Å². The molecule has 1 amide bonds. The Labute approximate surface area is 206 Å². The summed E-state index contributed by atoms with van der Waals surface area (Å²) in [4.78, 5) is 28.1. The summed E-state index contributed by atoms with van der Waals surface area (Å²) >= 11 is 0. The molecule has 3 N–H and O–H groups in total. The van der Waals surface area contributed by atoms with E-state index in [4.69, 9.17) is 0 Å². The van der Waals surface area contributed by atoms with Gasteiger partial charge in [-0.2, -0.15) is 0 Å². The van der Waals surface area contributed by atoms with Gasteiger partial charge >= 0.3 is 0 Å². The Morgan fingerprint density at radius 2 is 1.97 bits per heavy atom. The molecule has 0 saturated carbocycles. The van der Waals surface area contributed by atoms with E-state index in [9.17, 15) is 9.90 Å². The number of carbonyl (C=O) groups is 1. The molecule has 3 heterocycles. The third-order valence-electron chi connectivity index (χ3n) is 6.67. The van der Waals surface area contributed by atoms with Gasteiger partial charge in [-0.1, -0.05) is 30.3 Å². The number of nitrogens with zero attached hydrogens (tertiary/aromatic N) is 4. The number of aromatic nitrogens is 3. The monoisotopic (exact) mass is 492 g/mol. The van der Waals surface area contributed by atoms with Gasteiger partial charge in [-0.15, -0.1) is 0 Å². The molecule has 36 heavy (non-hydrogen) atoms. The van der Waals surface area contributed by atoms with Gasteiger partial charge in [-0.25, -0.2) is 18.7 Å². The fraction of sp³-hybridized carbons (Fsp3) is 0.269. The highest BCUT2D eigenvalue weighted by atomic mass is 19.1. The van der Waals surface area contributed by atoms with E-state index in [1.165, 1.54) is 6.33 Å². The third-order valence-corrected chi connectivity index (χ3v) is 6.67. The summed E-state index contributed by atoms with van der Waals surface area (Å²) in [6.07, 6.45) is 3.98. The largest absolute Gasteiger partial charge is 0.394 e. The Hall–Kier alpha value is -4.05. The molecule has 1 aliphatic heterocycles. The number of hydrogen-bond acceptors (Lipinski definition) is 6. The van der Waals surface area contributed by atoms with E-state index < -0.39 is 23.6 Å². The summed E-state index contributed by atoms with van der Waals surface area (Å²) < 4.78 is 30.3. The van der Waals surface area contributed by atoms with Gasteiger partial charge in [0.1, 0.15) is 35.1 Å². The number of nitrogens with one attached hydrogen (secondary N) is 2. The van der Waals surface area contributed by atoms with E-state index >= 15 is 8.78 Å². The van der Waals surface area contributed by atoms with Gasteiger partial charge in [-0.05, 0) is 30.2 Å². The summed E-state index contributed by atoms with van der Waals surface area (Å²) in [5.74, 6) is -1.54. The second kappa shape index (κ2) is 9.90. The van der Waals surface area contributed by atoms with E-state index in [0.717, 1.165) is 29.0 Å². The third kappa shape index (κ3) is 4.47. The number of rotatable bonds is 7. The lowest BCUT2D eigenvalue weighted by molar-refractivity contribution is 0.0915. The highest BCUT2D eigenvalue weighted by Crippen LogP contribution is 2.31. The number of amides is 1. The van der Waals surface area contributed by atoms with Gasteiger partial charge in [0.25, 0.3) is 5.91 Å². The fourth-order valence-electron chi connectivity index (χ4n) is 4.74. The predicted molar refractivity (Wildman–Crippen MR) is 133 cm³/mol. The first-order valence-corrected chi connectivity index (χ1v) is 11.7. The molecule has 4 aromatic rings. The van der Waals surface area contributed by atoms with Gasteiger partial charge in [0.05, 0.1) is 18.0 Å². The van der Waals surface area contributed by atoms with Crippen LogP contribution in [-0.2, 0) is 0 Å². The summed E-state index contributed by atoms with van der Waals surface area (Å²) in [6, 6.07) is 12.0. The quantitative estimate of drug-likeness (QED) is 0.366. The van der Waals surface area contributed by atoms with Crippen molar-refractivity contribution >= 4 is 28.4 Å². The van der Waals surface area contributed by atoms with Crippen LogP contribution in [0.5, 0.6) is 0 Å². The van der Waals surface area contributed by atoms with E-state index in [0.29, 0.717) is 25.1 Å². The molecule has 0 aliphatic carbocycles. The predicted octanol–water partition coefficient (Wildman–Crippen LogP) is 3.41. The summed E-state index contributed by atoms with van der Waals surface area (Å²) in [5.41, 5.74) is 1.09. The molecule has 1 aliphatic rings. The van der Waals surface area contributed by atoms with Crippen molar-refractivity contribution in [1.82, 2.24) is 20.3 Å². The molecular formula is C26H26F2N6O2. The number of aliphatic hydroxyl groups excluding tert-OH is 1. The first-order valence-electron chi connectivity index (χ1n) is 11.7. The zero-order valence-electron chi connectivity index (χ0n) is 19.7. The topological polar surface area (TPSA) is 97.4 Å². The lowest BCUT2D eigenvalue weighted by Gasteiger charge is -2.28. The van der Waals surface area contributed by atoms with Crippen molar-refractivity contribution in [2.45, 2.75) is 18.5 Å². The number of likely N-dealkylation sites (N-methyl/N-ethyl adjacent to an activating group) is 1. The molecule has 2 aromatic heterocycles. The number of H-pyrrole nitrogens is 1. The number of aliphatic hydroxyl groups is 1. The molecule has 5 rings (SSSR count). The maximum atomic E-state index is 15.2. The number of fused-ring (bicyclic) bond motifs is 1. The molecule has 186 valence electrons. The standard InChI is InChI=1S/C26H26F2N6O2/c1-33(18-8-10-34(13-18)25-19-7-9-29-24(19)30-15-31-25)23-20(27)11-17(12-21(23)28)26(36)32-22(14-35)16-5-3-2-4-6-16/h2-7,9,11-12,15,18,22,35H,8,10,13-14H2,1H3,(H,32,36)(H,29,30,31)/t18-,22+/m1/s1. The maximum Gasteiger partial charge on any atom is 0.252 e. The zero-order chi connectivity index (χ0) is 25.2. The van der Waals surface area contributed by atoms with Crippen molar-refractivity contribution in [2.24, 2.45) is 0 Å². The first kappa shape index (κ1) is 23.7. The highest BCUT2D eigenvalue weighted by molar-refractivity contribution is 5.95. The number of aromatic amines is 1. The SMILES string of the molecule is CN(c1c(F)cc(C(=O)N[C@@H](CO)c2ccccc2)cc1F)[C@@H]1CCN(c2ncnc3[nH]ccc23)C1. The molecule has 2 atom stereocenters. The highest BCUT2D eigenvalue weighted by Gasteiger charge is 2.31. The van der Waals surface area contributed by atoms with Crippen LogP contribution in [0.4, 0.5) is 20.3 Å². The number of anilines is 2. The molecule has 10 heteroatoms. The van der Waals surface area contributed by atoms with E-state index in [-0.39, 0.29) is 23.9 Å². The van der Waals surface area contributed by atoms with Gasteiger partial charge in [0, 0.05) is 37.9 Å². The molecular weight excluding hydrogens is 466 g/mol. The smallest absolute Gasteiger partial charge is 0.252 e. The molecule has 2 aromatic carbocycles. The lowest BCUT2D eigenvalue weighted by atomic mass is 10.1. The Bertz CT molecular complexity index is 1360. The average Bonchev–Trinajstić information content (AvgIpc) is 3.57. The number of carbonyl (C=O) groups excluding carboxylic acids is 1. The summed E-state index contributed by atoms with van der Waals surface area (Å²) in [6.45, 7) is 0.864. The van der Waals surface area contributed by atoms with Crippen molar-refractivity contribution in [1.29, 1.82) is 0 Å². The van der Waals surface area contributed by atoms with Crippen LogP contribution in [0.1, 0.15) is 28.4 Å². The van der Waals surface area contributed by atoms with Crippen molar-refractivity contribution in [3.8, 4) is 0 Å². The van der Waals surface area contributed by atoms with E-state index in [1.54, 1.807) is 42.4 Å². The Morgan fingerprint density at radius 3 is 2.69 bits per heavy atom. The molecule has 1 saturated heterocycles. The number of benzene rings is 2. The Balaban J connectivity index is 1.32. The van der Waals surface area contributed by atoms with Crippen LogP contribution in [0.15, 0.2) is 61.1 Å². The zero-order valence-corrected chi connectivity index (χ0v) is 19.7. The summed E-state index contributed by atoms with van der Waals surface area (Å²) in [5, 5.41) is 13.2. The lowest BCUT2D eigenvalue weighted by Crippen LogP contribution is -2.36. The van der Waals surface area contributed by atoms with Crippen molar-refractivity contribution < 1.29 is 18.7 Å². The minimum Gasteiger partial charge on any atom is -0.394 e. The second-order valence-corrected chi connectivity index (χ2v) is 8.84. The minimum absolute atomic E-state index is 0.152. The van der Waals surface area contributed by atoms with Crippen LogP contribution >= 0.6 is 0 Å². The maximum absolute atomic E-state index is 15.2. The number of halogens is 2. The molecule has 8 nitrogen and oxygen atoms in total. The van der Waals surface area contributed by atoms with Crippen molar-refractivity contribution in [2.75, 3.05) is 36.5 Å². The van der Waals surface area contributed by atoms with Crippen LogP contribution in [0.25, 0.3) is 11.0 Å². The van der Waals surface area contributed by atoms with Gasteiger partial charge < -0.3 is 25.2 Å². The molecule has 0 spiro atoms. The average molecular weight is 493 g/mol. The minimum atomic E-state index is -0.823. The van der Waals surface area contributed by atoms with Crippen molar-refractivity contribution in [3.63, 3.8) is 0 Å². The normalized spacial score (nSPS) is 16.3. The van der Waals surface area contributed by atoms with Crippen LogP contribution in [0.2, 0.25) is 0 Å². The molecule has 0 radical (unpaired) electrons. The second-order valence-electron chi connectivity index (χ2n) is 8.84. The van der Waals surface area contributed by atoms with E-state index in [1.807, 2.05) is 12.1 Å². The molecule has 0 bridgehead atoms. The molecule has 1 fully saturated rings. The molecule has 0 unspecified atom stereocenters. The van der Waals surface area contributed by atoms with Gasteiger partial charge in [0.2, 0.25) is 0 Å². The van der Waals surface area contributed by atoms with Crippen LogP contribution in [0.3, 0.4) is 0 Å². The number of hydrogen-bond donors (Lipinski definition) is 3. The van der Waals surface area contributed by atoms with Crippen molar-refractivity contribution in [3.05, 3.63) is 83.8 Å². The van der Waals surface area contributed by atoms with Crippen LogP contribution < -0.4 is 15.1 Å². The van der Waals surface area contributed by atoms with Crippen LogP contribution in [-0.4, -0.2) is 58.8 Å². The van der Waals surface area contributed by atoms with Crippen LogP contribution in [0, 0.1) is 11.6 Å². The first-order chi connectivity index (χ1) is 17.5.